The minimum Gasteiger partial charge on any atom is -0.370 e. The fraction of sp³-hybridized carbons (Fsp3) is 0.533. The molecule has 0 aromatic heterocycles. The third kappa shape index (κ3) is 3.28. The first-order valence-electron chi connectivity index (χ1n) is 7.02. The molecule has 1 aliphatic carbocycles. The van der Waals surface area contributed by atoms with E-state index in [0.29, 0.717) is 12.2 Å². The lowest BCUT2D eigenvalue weighted by Gasteiger charge is -2.34. The average molecular weight is 278 g/mol. The predicted molar refractivity (Wildman–Crippen MR) is 81.4 cm³/mol. The molecule has 1 aliphatic rings. The van der Waals surface area contributed by atoms with Gasteiger partial charge >= 0.3 is 0 Å². The largest absolute Gasteiger partial charge is 0.370 e. The molecule has 3 N–H and O–H groups in total. The molecule has 0 atom stereocenters. The highest BCUT2D eigenvalue weighted by Gasteiger charge is 2.35. The highest BCUT2D eigenvalue weighted by molar-refractivity contribution is 5.92. The van der Waals surface area contributed by atoms with Gasteiger partial charge in [-0.2, -0.15) is 0 Å². The van der Waals surface area contributed by atoms with E-state index in [1.807, 2.05) is 0 Å². The number of nitrogens with zero attached hydrogens (tertiary/aromatic N) is 2. The highest BCUT2D eigenvalue weighted by atomic mass is 19.1. The molecule has 0 spiro atoms. The Morgan fingerprint density at radius 2 is 2.00 bits per heavy atom. The summed E-state index contributed by atoms with van der Waals surface area (Å²) in [5.74, 6) is -0.0583. The van der Waals surface area contributed by atoms with Crippen LogP contribution in [0.2, 0.25) is 0 Å². The third-order valence-corrected chi connectivity index (χ3v) is 4.16. The summed E-state index contributed by atoms with van der Waals surface area (Å²) in [5, 5.41) is 2.82. The summed E-state index contributed by atoms with van der Waals surface area (Å²) < 4.78 is 13.5. The number of aliphatic imine (C=N–C) groups is 1. The maximum atomic E-state index is 13.5. The third-order valence-electron chi connectivity index (χ3n) is 4.16. The topological polar surface area (TPSA) is 53.6 Å². The molecule has 0 radical (unpaired) electrons. The molecule has 4 nitrogen and oxygen atoms in total. The fourth-order valence-electron chi connectivity index (χ4n) is 2.75. The fourth-order valence-corrected chi connectivity index (χ4v) is 2.75. The van der Waals surface area contributed by atoms with Crippen molar-refractivity contribution in [1.82, 2.24) is 4.90 Å². The van der Waals surface area contributed by atoms with Crippen LogP contribution in [0.1, 0.15) is 25.7 Å². The molecule has 0 amide bonds. The van der Waals surface area contributed by atoms with Gasteiger partial charge in [-0.3, -0.25) is 4.99 Å². The zero-order valence-electron chi connectivity index (χ0n) is 12.2. The Morgan fingerprint density at radius 1 is 1.35 bits per heavy atom. The Bertz CT molecular complexity index is 479. The Morgan fingerprint density at radius 3 is 2.60 bits per heavy atom. The summed E-state index contributed by atoms with van der Waals surface area (Å²) in [6.07, 6.45) is 4.73. The van der Waals surface area contributed by atoms with Crippen LogP contribution in [0.5, 0.6) is 0 Å². The van der Waals surface area contributed by atoms with Crippen LogP contribution in [-0.2, 0) is 0 Å². The molecule has 20 heavy (non-hydrogen) atoms. The van der Waals surface area contributed by atoms with Gasteiger partial charge in [-0.15, -0.1) is 0 Å². The van der Waals surface area contributed by atoms with Crippen molar-refractivity contribution >= 4 is 11.6 Å². The van der Waals surface area contributed by atoms with Gasteiger partial charge in [-0.1, -0.05) is 25.0 Å². The van der Waals surface area contributed by atoms with Crippen molar-refractivity contribution in [2.24, 2.45) is 10.7 Å². The molecule has 0 heterocycles. The molecule has 1 aromatic rings. The van der Waals surface area contributed by atoms with Crippen LogP contribution >= 0.6 is 0 Å². The van der Waals surface area contributed by atoms with Crippen molar-refractivity contribution in [2.75, 3.05) is 26.0 Å². The van der Waals surface area contributed by atoms with Crippen LogP contribution in [0.25, 0.3) is 0 Å². The van der Waals surface area contributed by atoms with Crippen molar-refractivity contribution in [3.63, 3.8) is 0 Å². The lowest BCUT2D eigenvalue weighted by Crippen LogP contribution is -2.45. The molecule has 0 aliphatic heterocycles. The van der Waals surface area contributed by atoms with Gasteiger partial charge in [0.15, 0.2) is 5.96 Å². The lowest BCUT2D eigenvalue weighted by atomic mass is 9.96. The molecule has 110 valence electrons. The first kappa shape index (κ1) is 14.8. The number of rotatable bonds is 4. The van der Waals surface area contributed by atoms with Crippen LogP contribution < -0.4 is 11.1 Å². The SMILES string of the molecule is CN(C)C1(CN=C(N)Nc2ccccc2F)CCCC1. The van der Waals surface area contributed by atoms with E-state index >= 15 is 0 Å². The molecular weight excluding hydrogens is 255 g/mol. The van der Waals surface area contributed by atoms with Crippen molar-refractivity contribution < 1.29 is 4.39 Å². The summed E-state index contributed by atoms with van der Waals surface area (Å²) >= 11 is 0. The molecule has 0 saturated heterocycles. The summed E-state index contributed by atoms with van der Waals surface area (Å²) in [5.41, 5.74) is 6.32. The van der Waals surface area contributed by atoms with Gasteiger partial charge in [0.05, 0.1) is 12.2 Å². The number of nitrogens with one attached hydrogen (secondary N) is 1. The Hall–Kier alpha value is -1.62. The number of anilines is 1. The zero-order valence-corrected chi connectivity index (χ0v) is 12.2. The van der Waals surface area contributed by atoms with E-state index in [-0.39, 0.29) is 17.3 Å². The van der Waals surface area contributed by atoms with E-state index in [2.05, 4.69) is 29.3 Å². The summed E-state index contributed by atoms with van der Waals surface area (Å²) in [6.45, 7) is 0.646. The normalized spacial score (nSPS) is 18.5. The molecule has 5 heteroatoms. The second-order valence-electron chi connectivity index (χ2n) is 5.63. The number of hydrogen-bond acceptors (Lipinski definition) is 2. The average Bonchev–Trinajstić information content (AvgIpc) is 2.89. The van der Waals surface area contributed by atoms with Crippen molar-refractivity contribution in [3.8, 4) is 0 Å². The summed E-state index contributed by atoms with van der Waals surface area (Å²) in [6, 6.07) is 6.45. The standard InChI is InChI=1S/C15H23FN4/c1-20(2)15(9-5-6-10-15)11-18-14(17)19-13-8-4-3-7-12(13)16/h3-4,7-8H,5-6,9-11H2,1-2H3,(H3,17,18,19). The Balaban J connectivity index is 2.02. The van der Waals surface area contributed by atoms with Crippen LogP contribution in [0.3, 0.4) is 0 Å². The van der Waals surface area contributed by atoms with Gasteiger partial charge < -0.3 is 16.0 Å². The molecule has 1 saturated carbocycles. The molecule has 1 fully saturated rings. The van der Waals surface area contributed by atoms with Gasteiger partial charge in [-0.05, 0) is 39.1 Å². The van der Waals surface area contributed by atoms with E-state index in [1.54, 1.807) is 18.2 Å². The first-order chi connectivity index (χ1) is 9.53. The van der Waals surface area contributed by atoms with Gasteiger partial charge in [0, 0.05) is 5.54 Å². The minimum atomic E-state index is -0.325. The van der Waals surface area contributed by atoms with Crippen LogP contribution in [0, 0.1) is 5.82 Å². The predicted octanol–water partition coefficient (Wildman–Crippen LogP) is 2.43. The van der Waals surface area contributed by atoms with Crippen LogP contribution in [0.15, 0.2) is 29.3 Å². The maximum Gasteiger partial charge on any atom is 0.193 e. The lowest BCUT2D eigenvalue weighted by molar-refractivity contribution is 0.167. The van der Waals surface area contributed by atoms with Crippen molar-refractivity contribution in [3.05, 3.63) is 30.1 Å². The number of halogens is 1. The summed E-state index contributed by atoms with van der Waals surface area (Å²) in [4.78, 5) is 6.65. The highest BCUT2D eigenvalue weighted by Crippen LogP contribution is 2.33. The molecule has 0 bridgehead atoms. The Labute approximate surface area is 119 Å². The Kier molecular flexibility index (Phi) is 4.60. The monoisotopic (exact) mass is 278 g/mol. The number of para-hydroxylation sites is 1. The quantitative estimate of drug-likeness (QED) is 0.657. The van der Waals surface area contributed by atoms with Gasteiger partial charge in [0.2, 0.25) is 0 Å². The smallest absolute Gasteiger partial charge is 0.193 e. The zero-order chi connectivity index (χ0) is 14.6. The molecule has 1 aromatic carbocycles. The number of hydrogen-bond donors (Lipinski definition) is 2. The van der Waals surface area contributed by atoms with Crippen LogP contribution in [-0.4, -0.2) is 37.0 Å². The van der Waals surface area contributed by atoms with Gasteiger partial charge in [0.1, 0.15) is 5.82 Å². The molecule has 0 unspecified atom stereocenters. The van der Waals surface area contributed by atoms with E-state index in [0.717, 1.165) is 12.8 Å². The van der Waals surface area contributed by atoms with E-state index in [1.165, 1.54) is 18.9 Å². The second kappa shape index (κ2) is 6.22. The number of nitrogens with two attached hydrogens (primary N) is 1. The number of benzene rings is 1. The first-order valence-corrected chi connectivity index (χ1v) is 7.02. The minimum absolute atomic E-state index is 0.0987. The molecular formula is C15H23FN4. The van der Waals surface area contributed by atoms with Gasteiger partial charge in [0.25, 0.3) is 0 Å². The van der Waals surface area contributed by atoms with E-state index in [9.17, 15) is 4.39 Å². The van der Waals surface area contributed by atoms with Crippen molar-refractivity contribution in [2.45, 2.75) is 31.2 Å². The van der Waals surface area contributed by atoms with Crippen LogP contribution in [0.4, 0.5) is 10.1 Å². The van der Waals surface area contributed by atoms with Crippen molar-refractivity contribution in [1.29, 1.82) is 0 Å². The number of likely N-dealkylation sites (N-methyl/N-ethyl adjacent to an activating group) is 1. The second-order valence-corrected chi connectivity index (χ2v) is 5.63. The number of guanidine groups is 1. The maximum absolute atomic E-state index is 13.5. The molecule has 2 rings (SSSR count). The van der Waals surface area contributed by atoms with Gasteiger partial charge in [-0.25, -0.2) is 4.39 Å². The summed E-state index contributed by atoms with van der Waals surface area (Å²) in [7, 11) is 4.17. The van der Waals surface area contributed by atoms with E-state index < -0.39 is 0 Å². The van der Waals surface area contributed by atoms with E-state index in [4.69, 9.17) is 5.73 Å².